The van der Waals surface area contributed by atoms with E-state index in [0.29, 0.717) is 6.54 Å². The predicted molar refractivity (Wildman–Crippen MR) is 51.8 cm³/mol. The summed E-state index contributed by atoms with van der Waals surface area (Å²) in [7, 11) is 0. The summed E-state index contributed by atoms with van der Waals surface area (Å²) in [5.41, 5.74) is 11.5. The molecule has 1 heterocycles. The van der Waals surface area contributed by atoms with E-state index in [2.05, 4.69) is 9.97 Å². The Balaban J connectivity index is 2.92. The Morgan fingerprint density at radius 3 is 2.62 bits per heavy atom. The maximum atomic E-state index is 5.77. The van der Waals surface area contributed by atoms with E-state index in [9.17, 15) is 0 Å². The standard InChI is InChI=1S/C8H15N5/c1-3-13(8(2,9)10)7-4-5-11-6-12-7/h4-6H,3,9-10H2,1-2H3. The van der Waals surface area contributed by atoms with Crippen LogP contribution in [0, 0.1) is 0 Å². The SMILES string of the molecule is CCN(c1ccncn1)C(C)(N)N. The molecule has 0 fully saturated rings. The highest BCUT2D eigenvalue weighted by atomic mass is 15.4. The van der Waals surface area contributed by atoms with Gasteiger partial charge in [0.25, 0.3) is 0 Å². The van der Waals surface area contributed by atoms with Gasteiger partial charge in [-0.2, -0.15) is 0 Å². The van der Waals surface area contributed by atoms with Crippen LogP contribution in [0.5, 0.6) is 0 Å². The Morgan fingerprint density at radius 1 is 1.54 bits per heavy atom. The first-order chi connectivity index (χ1) is 6.05. The van der Waals surface area contributed by atoms with Crippen molar-refractivity contribution in [2.24, 2.45) is 11.5 Å². The lowest BCUT2D eigenvalue weighted by Crippen LogP contribution is -2.61. The van der Waals surface area contributed by atoms with Crippen molar-refractivity contribution in [2.75, 3.05) is 11.4 Å². The second kappa shape index (κ2) is 3.68. The molecule has 0 unspecified atom stereocenters. The molecular formula is C8H15N5. The minimum atomic E-state index is -0.886. The van der Waals surface area contributed by atoms with E-state index in [0.717, 1.165) is 5.82 Å². The zero-order chi connectivity index (χ0) is 9.90. The Labute approximate surface area is 77.8 Å². The number of aromatic nitrogens is 2. The van der Waals surface area contributed by atoms with Gasteiger partial charge in [0.05, 0.1) is 0 Å². The van der Waals surface area contributed by atoms with Crippen LogP contribution in [0.15, 0.2) is 18.6 Å². The molecule has 0 amide bonds. The van der Waals surface area contributed by atoms with Gasteiger partial charge < -0.3 is 4.90 Å². The Hall–Kier alpha value is -1.20. The van der Waals surface area contributed by atoms with Gasteiger partial charge in [-0.25, -0.2) is 9.97 Å². The molecule has 72 valence electrons. The molecule has 5 heteroatoms. The molecular weight excluding hydrogens is 166 g/mol. The molecule has 0 atom stereocenters. The van der Waals surface area contributed by atoms with Crippen molar-refractivity contribution in [1.29, 1.82) is 0 Å². The van der Waals surface area contributed by atoms with Crippen LogP contribution in [-0.2, 0) is 0 Å². The van der Waals surface area contributed by atoms with Crippen LogP contribution in [0.2, 0.25) is 0 Å². The van der Waals surface area contributed by atoms with E-state index in [4.69, 9.17) is 11.5 Å². The van der Waals surface area contributed by atoms with E-state index >= 15 is 0 Å². The van der Waals surface area contributed by atoms with Crippen molar-refractivity contribution in [3.05, 3.63) is 18.6 Å². The summed E-state index contributed by atoms with van der Waals surface area (Å²) in [5.74, 6) is -0.145. The molecule has 13 heavy (non-hydrogen) atoms. The molecule has 0 saturated heterocycles. The van der Waals surface area contributed by atoms with Crippen LogP contribution >= 0.6 is 0 Å². The summed E-state index contributed by atoms with van der Waals surface area (Å²) in [6.45, 7) is 4.42. The van der Waals surface area contributed by atoms with Gasteiger partial charge >= 0.3 is 0 Å². The normalized spacial score (nSPS) is 11.4. The van der Waals surface area contributed by atoms with Crippen LogP contribution < -0.4 is 16.4 Å². The third-order valence-electron chi connectivity index (χ3n) is 1.74. The van der Waals surface area contributed by atoms with Gasteiger partial charge in [0.15, 0.2) is 0 Å². The fraction of sp³-hybridized carbons (Fsp3) is 0.500. The molecule has 1 aromatic heterocycles. The van der Waals surface area contributed by atoms with Gasteiger partial charge in [0.2, 0.25) is 0 Å². The highest BCUT2D eigenvalue weighted by molar-refractivity contribution is 5.38. The predicted octanol–water partition coefficient (Wildman–Crippen LogP) is -0.106. The highest BCUT2D eigenvalue weighted by Gasteiger charge is 2.21. The quantitative estimate of drug-likeness (QED) is 0.636. The molecule has 0 radical (unpaired) electrons. The lowest BCUT2D eigenvalue weighted by molar-refractivity contribution is 0.456. The number of nitrogens with two attached hydrogens (primary N) is 2. The van der Waals surface area contributed by atoms with Crippen LogP contribution in [0.3, 0.4) is 0 Å². The Morgan fingerprint density at radius 2 is 2.23 bits per heavy atom. The first-order valence-corrected chi connectivity index (χ1v) is 4.17. The van der Waals surface area contributed by atoms with Gasteiger partial charge in [0, 0.05) is 12.7 Å². The zero-order valence-corrected chi connectivity index (χ0v) is 7.94. The van der Waals surface area contributed by atoms with Crippen molar-refractivity contribution in [3.8, 4) is 0 Å². The summed E-state index contributed by atoms with van der Waals surface area (Å²) in [4.78, 5) is 9.70. The third-order valence-corrected chi connectivity index (χ3v) is 1.74. The molecule has 5 nitrogen and oxygen atoms in total. The summed E-state index contributed by atoms with van der Waals surface area (Å²) >= 11 is 0. The van der Waals surface area contributed by atoms with Gasteiger partial charge in [-0.1, -0.05) is 0 Å². The largest absolute Gasteiger partial charge is 0.327 e. The van der Waals surface area contributed by atoms with E-state index < -0.39 is 5.79 Å². The number of hydrogen-bond donors (Lipinski definition) is 2. The fourth-order valence-electron chi connectivity index (χ4n) is 1.19. The van der Waals surface area contributed by atoms with Crippen molar-refractivity contribution in [3.63, 3.8) is 0 Å². The fourth-order valence-corrected chi connectivity index (χ4v) is 1.19. The zero-order valence-electron chi connectivity index (χ0n) is 7.94. The summed E-state index contributed by atoms with van der Waals surface area (Å²) in [6, 6.07) is 1.78. The Bertz CT molecular complexity index is 253. The van der Waals surface area contributed by atoms with Gasteiger partial charge in [-0.15, -0.1) is 0 Å². The number of anilines is 1. The number of hydrogen-bond acceptors (Lipinski definition) is 5. The number of rotatable bonds is 3. The monoisotopic (exact) mass is 181 g/mol. The summed E-state index contributed by atoms with van der Waals surface area (Å²) < 4.78 is 0. The van der Waals surface area contributed by atoms with Gasteiger partial charge in [-0.05, 0) is 19.9 Å². The lowest BCUT2D eigenvalue weighted by Gasteiger charge is -2.34. The smallest absolute Gasteiger partial charge is 0.139 e. The maximum absolute atomic E-state index is 5.77. The topological polar surface area (TPSA) is 81.1 Å². The molecule has 4 N–H and O–H groups in total. The van der Waals surface area contributed by atoms with E-state index in [1.807, 2.05) is 6.92 Å². The van der Waals surface area contributed by atoms with Gasteiger partial charge in [-0.3, -0.25) is 11.5 Å². The molecule has 0 aromatic carbocycles. The second-order valence-electron chi connectivity index (χ2n) is 3.04. The molecule has 0 spiro atoms. The molecule has 1 aromatic rings. The molecule has 0 bridgehead atoms. The molecule has 0 aliphatic rings. The maximum Gasteiger partial charge on any atom is 0.139 e. The van der Waals surface area contributed by atoms with E-state index in [-0.39, 0.29) is 0 Å². The number of nitrogens with zero attached hydrogens (tertiary/aromatic N) is 3. The average Bonchev–Trinajstić information content (AvgIpc) is 2.05. The van der Waals surface area contributed by atoms with E-state index in [1.165, 1.54) is 6.33 Å². The second-order valence-corrected chi connectivity index (χ2v) is 3.04. The summed E-state index contributed by atoms with van der Waals surface area (Å²) in [5, 5.41) is 0. The molecule has 0 saturated carbocycles. The minimum absolute atomic E-state index is 0.709. The van der Waals surface area contributed by atoms with Crippen molar-refractivity contribution in [1.82, 2.24) is 9.97 Å². The summed E-state index contributed by atoms with van der Waals surface area (Å²) in [6.07, 6.45) is 3.14. The van der Waals surface area contributed by atoms with Crippen LogP contribution in [-0.4, -0.2) is 22.3 Å². The van der Waals surface area contributed by atoms with Gasteiger partial charge in [0.1, 0.15) is 17.9 Å². The average molecular weight is 181 g/mol. The van der Waals surface area contributed by atoms with Crippen LogP contribution in [0.1, 0.15) is 13.8 Å². The minimum Gasteiger partial charge on any atom is -0.327 e. The first-order valence-electron chi connectivity index (χ1n) is 4.17. The Kier molecular flexibility index (Phi) is 2.79. The third kappa shape index (κ3) is 2.37. The molecule has 0 aliphatic heterocycles. The van der Waals surface area contributed by atoms with Crippen molar-refractivity contribution >= 4 is 5.82 Å². The van der Waals surface area contributed by atoms with E-state index in [1.54, 1.807) is 24.1 Å². The first kappa shape index (κ1) is 9.88. The lowest BCUT2D eigenvalue weighted by atomic mass is 10.3. The van der Waals surface area contributed by atoms with Crippen LogP contribution in [0.25, 0.3) is 0 Å². The van der Waals surface area contributed by atoms with Crippen molar-refractivity contribution in [2.45, 2.75) is 19.6 Å². The molecule has 1 rings (SSSR count). The van der Waals surface area contributed by atoms with Crippen molar-refractivity contribution < 1.29 is 0 Å². The highest BCUT2D eigenvalue weighted by Crippen LogP contribution is 2.12. The molecule has 0 aliphatic carbocycles. The van der Waals surface area contributed by atoms with Crippen LogP contribution in [0.4, 0.5) is 5.82 Å².